The Bertz CT molecular complexity index is 121. The van der Waals surface area contributed by atoms with E-state index in [1.807, 2.05) is 0 Å². The monoisotopic (exact) mass is 158 g/mol. The molecule has 0 unspecified atom stereocenters. The standard InChI is InChI=1S/C7H15BO3/c1-7(6-8(9)10)2-4-11-5-3-7/h9-10H,2-6H2,1H3. The lowest BCUT2D eigenvalue weighted by Crippen LogP contribution is -2.31. The highest BCUT2D eigenvalue weighted by Crippen LogP contribution is 2.34. The van der Waals surface area contributed by atoms with Crippen molar-refractivity contribution in [3.8, 4) is 0 Å². The summed E-state index contributed by atoms with van der Waals surface area (Å²) in [5.74, 6) is 0. The molecule has 0 aromatic rings. The molecule has 2 N–H and O–H groups in total. The second kappa shape index (κ2) is 3.56. The maximum Gasteiger partial charge on any atom is 0.451 e. The Morgan fingerprint density at radius 1 is 1.36 bits per heavy atom. The molecule has 1 aliphatic rings. The van der Waals surface area contributed by atoms with Gasteiger partial charge in [-0.05, 0) is 24.6 Å². The molecule has 64 valence electrons. The molecule has 0 aromatic heterocycles. The SMILES string of the molecule is CC1(CB(O)O)CCOCC1. The molecule has 11 heavy (non-hydrogen) atoms. The van der Waals surface area contributed by atoms with E-state index in [-0.39, 0.29) is 5.41 Å². The molecule has 0 aliphatic carbocycles. The lowest BCUT2D eigenvalue weighted by molar-refractivity contribution is 0.0301. The zero-order chi connectivity index (χ0) is 8.32. The highest BCUT2D eigenvalue weighted by molar-refractivity contribution is 6.41. The van der Waals surface area contributed by atoms with Gasteiger partial charge in [-0.25, -0.2) is 0 Å². The summed E-state index contributed by atoms with van der Waals surface area (Å²) >= 11 is 0. The summed E-state index contributed by atoms with van der Waals surface area (Å²) in [5.41, 5.74) is 0.0758. The maximum absolute atomic E-state index is 8.78. The second-order valence-corrected chi connectivity index (χ2v) is 3.61. The summed E-state index contributed by atoms with van der Waals surface area (Å²) < 4.78 is 5.18. The van der Waals surface area contributed by atoms with Crippen molar-refractivity contribution >= 4 is 7.12 Å². The molecule has 0 amide bonds. The normalized spacial score (nSPS) is 23.2. The van der Waals surface area contributed by atoms with Gasteiger partial charge in [-0.1, -0.05) is 6.92 Å². The van der Waals surface area contributed by atoms with Gasteiger partial charge in [0, 0.05) is 13.2 Å². The van der Waals surface area contributed by atoms with E-state index in [4.69, 9.17) is 14.8 Å². The van der Waals surface area contributed by atoms with Crippen LogP contribution in [0.1, 0.15) is 19.8 Å². The molecule has 4 heteroatoms. The lowest BCUT2D eigenvalue weighted by atomic mass is 9.66. The molecule has 0 spiro atoms. The second-order valence-electron chi connectivity index (χ2n) is 3.61. The predicted molar refractivity (Wildman–Crippen MR) is 43.2 cm³/mol. The van der Waals surface area contributed by atoms with Crippen LogP contribution >= 0.6 is 0 Å². The van der Waals surface area contributed by atoms with Crippen LogP contribution in [0, 0.1) is 5.41 Å². The highest BCUT2D eigenvalue weighted by Gasteiger charge is 2.31. The molecule has 0 radical (unpaired) electrons. The summed E-state index contributed by atoms with van der Waals surface area (Å²) in [6, 6.07) is 0. The molecule has 0 bridgehead atoms. The van der Waals surface area contributed by atoms with Gasteiger partial charge in [0.1, 0.15) is 0 Å². The van der Waals surface area contributed by atoms with Crippen molar-refractivity contribution in [1.29, 1.82) is 0 Å². The number of rotatable bonds is 2. The van der Waals surface area contributed by atoms with E-state index in [0.717, 1.165) is 26.1 Å². The fourth-order valence-corrected chi connectivity index (χ4v) is 1.51. The first-order chi connectivity index (χ1) is 5.12. The Hall–Kier alpha value is -0.0551. The minimum atomic E-state index is -1.17. The topological polar surface area (TPSA) is 49.7 Å². The van der Waals surface area contributed by atoms with Crippen molar-refractivity contribution in [2.45, 2.75) is 26.1 Å². The molecule has 3 nitrogen and oxygen atoms in total. The minimum absolute atomic E-state index is 0.0758. The van der Waals surface area contributed by atoms with Crippen molar-refractivity contribution in [1.82, 2.24) is 0 Å². The zero-order valence-electron chi connectivity index (χ0n) is 6.92. The average molecular weight is 158 g/mol. The van der Waals surface area contributed by atoms with E-state index in [9.17, 15) is 0 Å². The predicted octanol–water partition coefficient (Wildman–Crippen LogP) is 0.276. The fourth-order valence-electron chi connectivity index (χ4n) is 1.51. The van der Waals surface area contributed by atoms with Crippen LogP contribution in [0.3, 0.4) is 0 Å². The van der Waals surface area contributed by atoms with Gasteiger partial charge in [0.05, 0.1) is 0 Å². The summed E-state index contributed by atoms with van der Waals surface area (Å²) in [4.78, 5) is 0. The van der Waals surface area contributed by atoms with E-state index < -0.39 is 7.12 Å². The van der Waals surface area contributed by atoms with Crippen molar-refractivity contribution in [3.05, 3.63) is 0 Å². The van der Waals surface area contributed by atoms with Gasteiger partial charge in [-0.2, -0.15) is 0 Å². The fraction of sp³-hybridized carbons (Fsp3) is 1.00. The van der Waals surface area contributed by atoms with Crippen LogP contribution in [0.15, 0.2) is 0 Å². The largest absolute Gasteiger partial charge is 0.451 e. The third kappa shape index (κ3) is 2.81. The molecule has 1 heterocycles. The Labute approximate surface area is 67.5 Å². The number of hydrogen-bond acceptors (Lipinski definition) is 3. The van der Waals surface area contributed by atoms with E-state index in [2.05, 4.69) is 6.92 Å². The molecule has 1 fully saturated rings. The van der Waals surface area contributed by atoms with E-state index in [1.54, 1.807) is 0 Å². The van der Waals surface area contributed by atoms with Gasteiger partial charge in [0.15, 0.2) is 0 Å². The Kier molecular flexibility index (Phi) is 2.93. The summed E-state index contributed by atoms with van der Waals surface area (Å²) in [6.07, 6.45) is 2.34. The highest BCUT2D eigenvalue weighted by atomic mass is 16.5. The smallest absolute Gasteiger partial charge is 0.427 e. The molecule has 0 atom stereocenters. The van der Waals surface area contributed by atoms with Gasteiger partial charge in [-0.3, -0.25) is 0 Å². The number of ether oxygens (including phenoxy) is 1. The number of hydrogen-bond donors (Lipinski definition) is 2. The lowest BCUT2D eigenvalue weighted by Gasteiger charge is -2.33. The van der Waals surface area contributed by atoms with Gasteiger partial charge in [0.25, 0.3) is 0 Å². The van der Waals surface area contributed by atoms with E-state index >= 15 is 0 Å². The summed E-state index contributed by atoms with van der Waals surface area (Å²) in [5, 5.41) is 17.6. The van der Waals surface area contributed by atoms with Gasteiger partial charge in [-0.15, -0.1) is 0 Å². The molecule has 0 saturated carbocycles. The van der Waals surface area contributed by atoms with Crippen molar-refractivity contribution in [2.24, 2.45) is 5.41 Å². The minimum Gasteiger partial charge on any atom is -0.427 e. The third-order valence-corrected chi connectivity index (χ3v) is 2.38. The van der Waals surface area contributed by atoms with Crippen LogP contribution in [0.5, 0.6) is 0 Å². The Morgan fingerprint density at radius 2 is 1.91 bits per heavy atom. The Balaban J connectivity index is 2.37. The first-order valence-corrected chi connectivity index (χ1v) is 4.06. The van der Waals surface area contributed by atoms with Crippen LogP contribution in [-0.2, 0) is 4.74 Å². The first-order valence-electron chi connectivity index (χ1n) is 4.06. The first kappa shape index (κ1) is 9.04. The van der Waals surface area contributed by atoms with Gasteiger partial charge >= 0.3 is 7.12 Å². The van der Waals surface area contributed by atoms with Crippen molar-refractivity contribution < 1.29 is 14.8 Å². The summed E-state index contributed by atoms with van der Waals surface area (Å²) in [6.45, 7) is 3.58. The van der Waals surface area contributed by atoms with Gasteiger partial charge < -0.3 is 14.8 Å². The van der Waals surface area contributed by atoms with Crippen LogP contribution in [0.2, 0.25) is 6.32 Å². The van der Waals surface area contributed by atoms with Crippen molar-refractivity contribution in [3.63, 3.8) is 0 Å². The maximum atomic E-state index is 8.78. The van der Waals surface area contributed by atoms with Gasteiger partial charge in [0.2, 0.25) is 0 Å². The van der Waals surface area contributed by atoms with Crippen molar-refractivity contribution in [2.75, 3.05) is 13.2 Å². The molecule has 1 rings (SSSR count). The molecular formula is C7H15BO3. The molecule has 0 aromatic carbocycles. The molecule has 1 aliphatic heterocycles. The quantitative estimate of drug-likeness (QED) is 0.567. The van der Waals surface area contributed by atoms with Crippen LogP contribution < -0.4 is 0 Å². The van der Waals surface area contributed by atoms with Crippen LogP contribution in [-0.4, -0.2) is 30.4 Å². The van der Waals surface area contributed by atoms with E-state index in [0.29, 0.717) is 6.32 Å². The van der Waals surface area contributed by atoms with Crippen LogP contribution in [0.4, 0.5) is 0 Å². The average Bonchev–Trinajstić information content (AvgIpc) is 1.85. The van der Waals surface area contributed by atoms with Crippen LogP contribution in [0.25, 0.3) is 0 Å². The molecule has 1 saturated heterocycles. The molecular weight excluding hydrogens is 143 g/mol. The zero-order valence-corrected chi connectivity index (χ0v) is 6.92. The Morgan fingerprint density at radius 3 is 2.36 bits per heavy atom. The van der Waals surface area contributed by atoms with E-state index in [1.165, 1.54) is 0 Å². The summed E-state index contributed by atoms with van der Waals surface area (Å²) in [7, 11) is -1.17. The third-order valence-electron chi connectivity index (χ3n) is 2.38.